The minimum atomic E-state index is -0.349. The Balaban J connectivity index is 1.69. The van der Waals surface area contributed by atoms with Crippen LogP contribution in [0.1, 0.15) is 63.5 Å². The molecule has 1 N–H and O–H groups in total. The Hall–Kier alpha value is -0.820. The molecule has 0 heterocycles. The van der Waals surface area contributed by atoms with Gasteiger partial charge in [0.1, 0.15) is 0 Å². The lowest BCUT2D eigenvalue weighted by Crippen LogP contribution is -2.57. The quantitative estimate of drug-likeness (QED) is 0.868. The summed E-state index contributed by atoms with van der Waals surface area (Å²) in [6, 6.07) is 9.31. The van der Waals surface area contributed by atoms with Crippen LogP contribution in [0.2, 0.25) is 0 Å². The van der Waals surface area contributed by atoms with Gasteiger partial charge in [0, 0.05) is 0 Å². The Labute approximate surface area is 128 Å². The van der Waals surface area contributed by atoms with E-state index in [9.17, 15) is 5.11 Å². The van der Waals surface area contributed by atoms with Gasteiger partial charge in [0.25, 0.3) is 0 Å². The van der Waals surface area contributed by atoms with Gasteiger partial charge < -0.3 is 5.11 Å². The van der Waals surface area contributed by atoms with E-state index in [0.717, 1.165) is 31.1 Å². The molecule has 0 aromatic heterocycles. The summed E-state index contributed by atoms with van der Waals surface area (Å²) in [7, 11) is 0. The molecule has 5 rings (SSSR count). The van der Waals surface area contributed by atoms with Gasteiger partial charge in [-0.15, -0.1) is 0 Å². The molecule has 0 radical (unpaired) electrons. The highest BCUT2D eigenvalue weighted by atomic mass is 16.3. The molecule has 4 saturated carbocycles. The van der Waals surface area contributed by atoms with Crippen molar-refractivity contribution in [1.29, 1.82) is 0 Å². The Bertz CT molecular complexity index is 531. The average Bonchev–Trinajstić information content (AvgIpc) is 2.35. The number of hydrogen-bond acceptors (Lipinski definition) is 1. The molecule has 2 unspecified atom stereocenters. The van der Waals surface area contributed by atoms with Crippen LogP contribution in [0.3, 0.4) is 0 Å². The van der Waals surface area contributed by atoms with Crippen LogP contribution in [-0.2, 0) is 11.8 Å². The van der Waals surface area contributed by atoms with Crippen molar-refractivity contribution in [2.45, 2.75) is 69.8 Å². The van der Waals surface area contributed by atoms with Crippen LogP contribution in [0, 0.1) is 17.8 Å². The summed E-state index contributed by atoms with van der Waals surface area (Å²) in [5.74, 6) is 2.25. The number of rotatable bonds is 3. The lowest BCUT2D eigenvalue weighted by atomic mass is 9.46. The largest absolute Gasteiger partial charge is 0.390 e. The van der Waals surface area contributed by atoms with Gasteiger partial charge in [-0.3, -0.25) is 0 Å². The minimum Gasteiger partial charge on any atom is -0.390 e. The van der Waals surface area contributed by atoms with Crippen LogP contribution < -0.4 is 0 Å². The normalized spacial score (nSPS) is 41.0. The highest BCUT2D eigenvalue weighted by molar-refractivity contribution is 5.34. The first-order valence-electron chi connectivity index (χ1n) is 8.78. The highest BCUT2D eigenvalue weighted by Crippen LogP contribution is 2.62. The Morgan fingerprint density at radius 1 is 1.14 bits per heavy atom. The summed E-state index contributed by atoms with van der Waals surface area (Å²) < 4.78 is 0. The fourth-order valence-electron chi connectivity index (χ4n) is 6.05. The van der Waals surface area contributed by atoms with Crippen molar-refractivity contribution in [2.24, 2.45) is 17.8 Å². The lowest BCUT2D eigenvalue weighted by Gasteiger charge is -2.60. The van der Waals surface area contributed by atoms with Gasteiger partial charge in [0.05, 0.1) is 5.60 Å². The smallest absolute Gasteiger partial charge is 0.0661 e. The van der Waals surface area contributed by atoms with E-state index < -0.39 is 0 Å². The van der Waals surface area contributed by atoms with E-state index in [0.29, 0.717) is 5.92 Å². The summed E-state index contributed by atoms with van der Waals surface area (Å²) in [6.45, 7) is 4.58. The molecule has 4 aliphatic rings. The van der Waals surface area contributed by atoms with Gasteiger partial charge in [0.15, 0.2) is 0 Å². The molecule has 0 aliphatic heterocycles. The molecule has 1 aromatic rings. The van der Waals surface area contributed by atoms with E-state index in [2.05, 4.69) is 38.1 Å². The third kappa shape index (κ3) is 2.34. The van der Waals surface area contributed by atoms with Crippen LogP contribution in [0.5, 0.6) is 0 Å². The molecule has 21 heavy (non-hydrogen) atoms. The molecule has 1 nitrogen and oxygen atoms in total. The Morgan fingerprint density at radius 2 is 1.86 bits per heavy atom. The molecule has 1 aromatic carbocycles. The summed E-state index contributed by atoms with van der Waals surface area (Å²) in [5.41, 5.74) is 2.93. The fourth-order valence-corrected chi connectivity index (χ4v) is 6.05. The second-order valence-electron chi connectivity index (χ2n) is 8.76. The molecule has 114 valence electrons. The minimum absolute atomic E-state index is 0.284. The van der Waals surface area contributed by atoms with Crippen LogP contribution in [0.15, 0.2) is 24.3 Å². The van der Waals surface area contributed by atoms with Gasteiger partial charge >= 0.3 is 0 Å². The summed E-state index contributed by atoms with van der Waals surface area (Å²) in [6.07, 6.45) is 8.32. The standard InChI is InChI=1S/C20H28O/c1-14(2)6-15-4-3-5-18(8-15)19-9-16-7-17(10-19)12-20(21,11-16)13-19/h3-5,8,14,16-17,21H,6-7,9-13H2,1-2H3. The zero-order valence-electron chi connectivity index (χ0n) is 13.4. The molecule has 4 bridgehead atoms. The predicted molar refractivity (Wildman–Crippen MR) is 86.3 cm³/mol. The molecule has 0 spiro atoms. The van der Waals surface area contributed by atoms with Crippen molar-refractivity contribution >= 4 is 0 Å². The zero-order chi connectivity index (χ0) is 14.7. The van der Waals surface area contributed by atoms with Gasteiger partial charge in [0.2, 0.25) is 0 Å². The molecule has 2 atom stereocenters. The maximum absolute atomic E-state index is 10.9. The first kappa shape index (κ1) is 13.8. The molecule has 0 amide bonds. The van der Waals surface area contributed by atoms with Crippen LogP contribution in [-0.4, -0.2) is 10.7 Å². The van der Waals surface area contributed by atoms with Crippen LogP contribution in [0.25, 0.3) is 0 Å². The Morgan fingerprint density at radius 3 is 2.48 bits per heavy atom. The second-order valence-corrected chi connectivity index (χ2v) is 8.76. The van der Waals surface area contributed by atoms with E-state index in [4.69, 9.17) is 0 Å². The molecular weight excluding hydrogens is 256 g/mol. The van der Waals surface area contributed by atoms with Crippen molar-refractivity contribution in [2.75, 3.05) is 0 Å². The van der Waals surface area contributed by atoms with Crippen molar-refractivity contribution in [1.82, 2.24) is 0 Å². The first-order valence-corrected chi connectivity index (χ1v) is 8.78. The van der Waals surface area contributed by atoms with Crippen LogP contribution in [0.4, 0.5) is 0 Å². The van der Waals surface area contributed by atoms with Crippen LogP contribution >= 0.6 is 0 Å². The third-order valence-electron chi connectivity index (χ3n) is 6.21. The SMILES string of the molecule is CC(C)Cc1cccc(C23CC4CC(CC(O)(C4)C2)C3)c1. The molecule has 0 saturated heterocycles. The topological polar surface area (TPSA) is 20.2 Å². The average molecular weight is 284 g/mol. The van der Waals surface area contributed by atoms with Gasteiger partial charge in [-0.2, -0.15) is 0 Å². The summed E-state index contributed by atoms with van der Waals surface area (Å²) in [4.78, 5) is 0. The maximum atomic E-state index is 10.9. The van der Waals surface area contributed by atoms with Crippen molar-refractivity contribution < 1.29 is 5.11 Å². The van der Waals surface area contributed by atoms with E-state index >= 15 is 0 Å². The van der Waals surface area contributed by atoms with E-state index in [1.807, 2.05) is 0 Å². The monoisotopic (exact) mass is 284 g/mol. The van der Waals surface area contributed by atoms with Gasteiger partial charge in [-0.05, 0) is 79.2 Å². The fraction of sp³-hybridized carbons (Fsp3) is 0.700. The van der Waals surface area contributed by atoms with Gasteiger partial charge in [-0.1, -0.05) is 38.1 Å². The summed E-state index contributed by atoms with van der Waals surface area (Å²) >= 11 is 0. The number of aliphatic hydroxyl groups is 1. The number of hydrogen-bond donors (Lipinski definition) is 1. The van der Waals surface area contributed by atoms with Crippen molar-refractivity contribution in [3.8, 4) is 0 Å². The molecule has 1 heteroatoms. The molecular formula is C20H28O. The summed E-state index contributed by atoms with van der Waals surface area (Å²) in [5, 5.41) is 10.9. The zero-order valence-corrected chi connectivity index (χ0v) is 13.4. The van der Waals surface area contributed by atoms with Crippen molar-refractivity contribution in [3.05, 3.63) is 35.4 Å². The number of benzene rings is 1. The Kier molecular flexibility index (Phi) is 3.02. The third-order valence-corrected chi connectivity index (χ3v) is 6.21. The highest BCUT2D eigenvalue weighted by Gasteiger charge is 2.57. The first-order chi connectivity index (χ1) is 9.96. The predicted octanol–water partition coefficient (Wildman–Crippen LogP) is 4.47. The van der Waals surface area contributed by atoms with E-state index in [-0.39, 0.29) is 11.0 Å². The maximum Gasteiger partial charge on any atom is 0.0661 e. The van der Waals surface area contributed by atoms with Crippen molar-refractivity contribution in [3.63, 3.8) is 0 Å². The molecule has 4 fully saturated rings. The second kappa shape index (κ2) is 4.59. The van der Waals surface area contributed by atoms with Gasteiger partial charge in [-0.25, -0.2) is 0 Å². The van der Waals surface area contributed by atoms with E-state index in [1.165, 1.54) is 36.8 Å². The van der Waals surface area contributed by atoms with E-state index in [1.54, 1.807) is 0 Å². The lowest BCUT2D eigenvalue weighted by molar-refractivity contribution is -0.137. The molecule has 4 aliphatic carbocycles.